The van der Waals surface area contributed by atoms with Gasteiger partial charge in [-0.3, -0.25) is 10.2 Å². The summed E-state index contributed by atoms with van der Waals surface area (Å²) < 4.78 is 1.66. The van der Waals surface area contributed by atoms with Gasteiger partial charge in [-0.2, -0.15) is 10.4 Å². The van der Waals surface area contributed by atoms with E-state index in [-0.39, 0.29) is 6.03 Å². The first kappa shape index (κ1) is 21.5. The summed E-state index contributed by atoms with van der Waals surface area (Å²) in [6.07, 6.45) is 7.16. The maximum absolute atomic E-state index is 11.7. The molecule has 4 heterocycles. The Morgan fingerprint density at radius 2 is 2.09 bits per heavy atom. The quantitative estimate of drug-likeness (QED) is 0.622. The molecule has 1 aliphatic rings. The van der Waals surface area contributed by atoms with E-state index in [1.54, 1.807) is 17.1 Å². The molecule has 0 saturated carbocycles. The van der Waals surface area contributed by atoms with Crippen LogP contribution in [0.25, 0.3) is 5.82 Å². The first-order valence-corrected chi connectivity index (χ1v) is 10.8. The van der Waals surface area contributed by atoms with Crippen LogP contribution in [0.1, 0.15) is 42.5 Å². The van der Waals surface area contributed by atoms with Gasteiger partial charge >= 0.3 is 6.03 Å². The van der Waals surface area contributed by atoms with Crippen LogP contribution < -0.4 is 10.6 Å². The maximum atomic E-state index is 11.7. The Bertz CT molecular complexity index is 1100. The van der Waals surface area contributed by atoms with Gasteiger partial charge in [0.1, 0.15) is 17.6 Å². The van der Waals surface area contributed by atoms with E-state index < -0.39 is 0 Å². The largest absolute Gasteiger partial charge is 0.338 e. The first-order valence-electron chi connectivity index (χ1n) is 10.8. The van der Waals surface area contributed by atoms with Crippen molar-refractivity contribution in [2.45, 2.75) is 32.2 Å². The number of amides is 2. The molecule has 1 saturated heterocycles. The van der Waals surface area contributed by atoms with Crippen molar-refractivity contribution in [3.05, 3.63) is 65.7 Å². The van der Waals surface area contributed by atoms with E-state index in [0.717, 1.165) is 43.6 Å². The zero-order valence-corrected chi connectivity index (χ0v) is 18.0. The first-order chi connectivity index (χ1) is 15.7. The zero-order chi connectivity index (χ0) is 22.3. The Labute approximate surface area is 187 Å². The van der Waals surface area contributed by atoms with Crippen LogP contribution in [0.5, 0.6) is 0 Å². The highest BCUT2D eigenvalue weighted by Gasteiger charge is 2.24. The molecule has 9 heteroatoms. The average molecular weight is 431 g/mol. The molecule has 4 rings (SSSR count). The number of urea groups is 1. The van der Waals surface area contributed by atoms with E-state index in [2.05, 4.69) is 36.7 Å². The summed E-state index contributed by atoms with van der Waals surface area (Å²) in [6.45, 7) is 5.09. The maximum Gasteiger partial charge on any atom is 0.320 e. The molecule has 0 spiro atoms. The van der Waals surface area contributed by atoms with Gasteiger partial charge in [-0.25, -0.2) is 19.4 Å². The van der Waals surface area contributed by atoms with E-state index in [1.807, 2.05) is 43.5 Å². The number of aromatic nitrogens is 4. The van der Waals surface area contributed by atoms with Crippen molar-refractivity contribution in [2.24, 2.45) is 0 Å². The van der Waals surface area contributed by atoms with Crippen molar-refractivity contribution in [1.29, 1.82) is 5.26 Å². The lowest BCUT2D eigenvalue weighted by atomic mass is 9.88. The zero-order valence-electron chi connectivity index (χ0n) is 18.0. The SMILES string of the molecule is CCNC(=O)Nc1cc(CN2CCC(c3ccc(-n4cccn4)nc3C#N)CC2)ccn1. The molecule has 1 aliphatic heterocycles. The second-order valence-electron chi connectivity index (χ2n) is 7.75. The number of nitrogens with zero attached hydrogens (tertiary/aromatic N) is 6. The van der Waals surface area contributed by atoms with Crippen molar-refractivity contribution in [2.75, 3.05) is 25.0 Å². The number of likely N-dealkylation sites (tertiary alicyclic amines) is 1. The molecule has 0 radical (unpaired) electrons. The summed E-state index contributed by atoms with van der Waals surface area (Å²) >= 11 is 0. The normalized spacial score (nSPS) is 14.6. The number of rotatable bonds is 6. The fourth-order valence-corrected chi connectivity index (χ4v) is 4.03. The van der Waals surface area contributed by atoms with Crippen molar-refractivity contribution in [3.63, 3.8) is 0 Å². The molecule has 32 heavy (non-hydrogen) atoms. The molecule has 1 fully saturated rings. The summed E-state index contributed by atoms with van der Waals surface area (Å²) in [4.78, 5) is 22.8. The van der Waals surface area contributed by atoms with Crippen molar-refractivity contribution >= 4 is 11.8 Å². The highest BCUT2D eigenvalue weighted by atomic mass is 16.2. The highest BCUT2D eigenvalue weighted by molar-refractivity contribution is 5.88. The van der Waals surface area contributed by atoms with Gasteiger partial charge in [0.25, 0.3) is 0 Å². The summed E-state index contributed by atoms with van der Waals surface area (Å²) in [5, 5.41) is 19.3. The summed E-state index contributed by atoms with van der Waals surface area (Å²) in [7, 11) is 0. The number of hydrogen-bond acceptors (Lipinski definition) is 6. The average Bonchev–Trinajstić information content (AvgIpc) is 3.35. The third kappa shape index (κ3) is 5.10. The molecule has 0 aliphatic carbocycles. The minimum Gasteiger partial charge on any atom is -0.338 e. The van der Waals surface area contributed by atoms with Gasteiger partial charge in [0.05, 0.1) is 0 Å². The van der Waals surface area contributed by atoms with Crippen molar-refractivity contribution < 1.29 is 4.79 Å². The van der Waals surface area contributed by atoms with E-state index in [0.29, 0.717) is 29.8 Å². The molecule has 164 valence electrons. The van der Waals surface area contributed by atoms with Crippen LogP contribution in [0.15, 0.2) is 48.9 Å². The third-order valence-corrected chi connectivity index (χ3v) is 5.59. The van der Waals surface area contributed by atoms with Crippen molar-refractivity contribution in [1.82, 2.24) is 30.0 Å². The van der Waals surface area contributed by atoms with E-state index >= 15 is 0 Å². The van der Waals surface area contributed by atoms with Crippen LogP contribution in [0.4, 0.5) is 10.6 Å². The van der Waals surface area contributed by atoms with Gasteiger partial charge in [0, 0.05) is 31.7 Å². The number of piperidine rings is 1. The van der Waals surface area contributed by atoms with E-state index in [1.165, 1.54) is 0 Å². The second-order valence-corrected chi connectivity index (χ2v) is 7.75. The lowest BCUT2D eigenvalue weighted by molar-refractivity contribution is 0.204. The molecule has 0 aromatic carbocycles. The second kappa shape index (κ2) is 10.0. The number of carbonyl (C=O) groups is 1. The summed E-state index contributed by atoms with van der Waals surface area (Å²) in [6, 6.07) is 11.7. The highest BCUT2D eigenvalue weighted by Crippen LogP contribution is 2.30. The lowest BCUT2D eigenvalue weighted by Crippen LogP contribution is -2.33. The molecule has 2 amide bonds. The van der Waals surface area contributed by atoms with E-state index in [4.69, 9.17) is 0 Å². The van der Waals surface area contributed by atoms with E-state index in [9.17, 15) is 10.1 Å². The van der Waals surface area contributed by atoms with Gasteiger partial charge in [-0.1, -0.05) is 6.07 Å². The number of anilines is 1. The van der Waals surface area contributed by atoms with Crippen LogP contribution in [-0.4, -0.2) is 50.3 Å². The fraction of sp³-hybridized carbons (Fsp3) is 0.348. The Kier molecular flexibility index (Phi) is 6.72. The Morgan fingerprint density at radius 1 is 1.25 bits per heavy atom. The molecule has 2 N–H and O–H groups in total. The Hall–Kier alpha value is -3.77. The molecular formula is C23H26N8O. The fourth-order valence-electron chi connectivity index (χ4n) is 4.03. The third-order valence-electron chi connectivity index (χ3n) is 5.59. The minimum absolute atomic E-state index is 0.251. The Balaban J connectivity index is 1.37. The number of hydrogen-bond donors (Lipinski definition) is 2. The van der Waals surface area contributed by atoms with Crippen LogP contribution in [0.2, 0.25) is 0 Å². The van der Waals surface area contributed by atoms with Crippen LogP contribution in [-0.2, 0) is 6.54 Å². The number of nitriles is 1. The molecule has 0 bridgehead atoms. The summed E-state index contributed by atoms with van der Waals surface area (Å²) in [5.41, 5.74) is 2.60. The van der Waals surface area contributed by atoms with Gasteiger partial charge in [0.15, 0.2) is 5.82 Å². The van der Waals surface area contributed by atoms with Crippen LogP contribution in [0.3, 0.4) is 0 Å². The predicted octanol–water partition coefficient (Wildman–Crippen LogP) is 3.05. The van der Waals surface area contributed by atoms with Crippen LogP contribution >= 0.6 is 0 Å². The van der Waals surface area contributed by atoms with Crippen LogP contribution in [0, 0.1) is 11.3 Å². The Morgan fingerprint density at radius 3 is 2.81 bits per heavy atom. The molecule has 9 nitrogen and oxygen atoms in total. The molecule has 3 aromatic rings. The summed E-state index contributed by atoms with van der Waals surface area (Å²) in [5.74, 6) is 1.51. The van der Waals surface area contributed by atoms with Gasteiger partial charge in [0.2, 0.25) is 0 Å². The molecule has 0 unspecified atom stereocenters. The van der Waals surface area contributed by atoms with Gasteiger partial charge in [-0.05, 0) is 74.2 Å². The number of nitrogens with one attached hydrogen (secondary N) is 2. The minimum atomic E-state index is -0.251. The number of carbonyl (C=O) groups excluding carboxylic acids is 1. The predicted molar refractivity (Wildman–Crippen MR) is 120 cm³/mol. The molecule has 3 aromatic heterocycles. The smallest absolute Gasteiger partial charge is 0.320 e. The molecule has 0 atom stereocenters. The molecular weight excluding hydrogens is 404 g/mol. The monoisotopic (exact) mass is 430 g/mol. The number of pyridine rings is 2. The van der Waals surface area contributed by atoms with Gasteiger partial charge < -0.3 is 5.32 Å². The van der Waals surface area contributed by atoms with Gasteiger partial charge in [-0.15, -0.1) is 0 Å². The standard InChI is InChI=1S/C23H26N8O/c1-2-25-23(32)29-21-14-17(6-10-26-21)16-30-12-7-18(8-13-30)19-4-5-22(28-20(19)15-24)31-11-3-9-27-31/h3-6,9-11,14,18H,2,7-8,12-13,16H2,1H3,(H2,25,26,29,32). The lowest BCUT2D eigenvalue weighted by Gasteiger charge is -2.32. The van der Waals surface area contributed by atoms with Crippen molar-refractivity contribution in [3.8, 4) is 11.9 Å². The topological polar surface area (TPSA) is 112 Å².